The van der Waals surface area contributed by atoms with Gasteiger partial charge in [0.25, 0.3) is 0 Å². The number of hydrogen-bond acceptors (Lipinski definition) is 3. The fourth-order valence-electron chi connectivity index (χ4n) is 6.78. The highest BCUT2D eigenvalue weighted by molar-refractivity contribution is 14.1. The van der Waals surface area contributed by atoms with Gasteiger partial charge in [0.1, 0.15) is 6.61 Å². The van der Waals surface area contributed by atoms with Crippen LogP contribution in [0.5, 0.6) is 0 Å². The number of nitrogens with one attached hydrogen (secondary N) is 1. The number of fused-ring (bicyclic) bond motifs is 2. The van der Waals surface area contributed by atoms with E-state index in [1.165, 1.54) is 70.6 Å². The highest BCUT2D eigenvalue weighted by Crippen LogP contribution is 2.47. The number of esters is 1. The van der Waals surface area contributed by atoms with Crippen LogP contribution in [0.4, 0.5) is 0 Å². The molecule has 3 nitrogen and oxygen atoms in total. The Bertz CT molecular complexity index is 573. The molecule has 2 saturated heterocycles. The zero-order chi connectivity index (χ0) is 20.2. The number of piperidine rings is 1. The van der Waals surface area contributed by atoms with Crippen LogP contribution in [0.3, 0.4) is 0 Å². The van der Waals surface area contributed by atoms with Crippen molar-refractivity contribution in [2.45, 2.75) is 100.0 Å². The van der Waals surface area contributed by atoms with Crippen LogP contribution in [0.15, 0.2) is 12.2 Å². The summed E-state index contributed by atoms with van der Waals surface area (Å²) in [7, 11) is 0. The average Bonchev–Trinajstić information content (AvgIpc) is 3.12. The van der Waals surface area contributed by atoms with E-state index in [0.717, 1.165) is 16.3 Å². The van der Waals surface area contributed by atoms with Gasteiger partial charge >= 0.3 is 5.97 Å². The Morgan fingerprint density at radius 2 is 1.90 bits per heavy atom. The van der Waals surface area contributed by atoms with Gasteiger partial charge in [-0.1, -0.05) is 67.3 Å². The van der Waals surface area contributed by atoms with Crippen molar-refractivity contribution >= 4 is 28.6 Å². The van der Waals surface area contributed by atoms with Gasteiger partial charge in [-0.3, -0.25) is 4.79 Å². The van der Waals surface area contributed by atoms with Crippen LogP contribution < -0.4 is 5.32 Å². The van der Waals surface area contributed by atoms with E-state index >= 15 is 0 Å². The van der Waals surface area contributed by atoms with Crippen LogP contribution in [0, 0.1) is 29.6 Å². The Balaban J connectivity index is 1.35. The summed E-state index contributed by atoms with van der Waals surface area (Å²) in [5.41, 5.74) is 0. The predicted octanol–water partition coefficient (Wildman–Crippen LogP) is 6.05. The second-order valence-electron chi connectivity index (χ2n) is 10.2. The minimum atomic E-state index is 0.0728. The first kappa shape index (κ1) is 22.1. The van der Waals surface area contributed by atoms with E-state index in [0.29, 0.717) is 36.4 Å². The van der Waals surface area contributed by atoms with Crippen LogP contribution in [0.1, 0.15) is 84.0 Å². The van der Waals surface area contributed by atoms with Gasteiger partial charge in [-0.25, -0.2) is 0 Å². The normalized spacial score (nSPS) is 41.0. The van der Waals surface area contributed by atoms with Crippen molar-refractivity contribution < 1.29 is 9.53 Å². The summed E-state index contributed by atoms with van der Waals surface area (Å²) in [4.78, 5) is 13.2. The van der Waals surface area contributed by atoms with Gasteiger partial charge < -0.3 is 10.1 Å². The molecule has 5 unspecified atom stereocenters. The van der Waals surface area contributed by atoms with E-state index in [4.69, 9.17) is 4.74 Å². The number of hydrogen-bond donors (Lipinski definition) is 1. The third-order valence-corrected chi connectivity index (χ3v) is 9.98. The summed E-state index contributed by atoms with van der Waals surface area (Å²) in [5, 5.41) is 3.74. The predicted molar refractivity (Wildman–Crippen MR) is 127 cm³/mol. The molecule has 0 aromatic rings. The van der Waals surface area contributed by atoms with Crippen molar-refractivity contribution in [2.75, 3.05) is 6.61 Å². The quantitative estimate of drug-likeness (QED) is 0.203. The molecular weight excluding hydrogens is 473 g/mol. The second-order valence-corrected chi connectivity index (χ2v) is 11.8. The lowest BCUT2D eigenvalue weighted by molar-refractivity contribution is -0.153. The summed E-state index contributed by atoms with van der Waals surface area (Å²) in [6.07, 6.45) is 20.0. The fraction of sp³-hybridized carbons (Fsp3) is 0.880. The lowest BCUT2D eigenvalue weighted by Crippen LogP contribution is -2.52. The average molecular weight is 514 g/mol. The molecule has 164 valence electrons. The summed E-state index contributed by atoms with van der Waals surface area (Å²) in [6, 6.07) is 0.988. The smallest absolute Gasteiger partial charge is 0.311 e. The van der Waals surface area contributed by atoms with Crippen LogP contribution in [-0.2, 0) is 9.53 Å². The van der Waals surface area contributed by atoms with E-state index in [9.17, 15) is 4.79 Å². The van der Waals surface area contributed by atoms with Crippen molar-refractivity contribution in [2.24, 2.45) is 29.6 Å². The van der Waals surface area contributed by atoms with Crippen molar-refractivity contribution in [3.63, 3.8) is 0 Å². The van der Waals surface area contributed by atoms with Crippen LogP contribution in [0.2, 0.25) is 0 Å². The molecule has 4 rings (SSSR count). The molecule has 2 heterocycles. The molecule has 2 aliphatic heterocycles. The Labute approximate surface area is 191 Å². The molecule has 7 atom stereocenters. The van der Waals surface area contributed by atoms with Crippen LogP contribution >= 0.6 is 22.6 Å². The molecule has 2 aliphatic carbocycles. The molecule has 4 fully saturated rings. The number of ether oxygens (including phenoxy) is 1. The maximum absolute atomic E-state index is 13.2. The van der Waals surface area contributed by atoms with Gasteiger partial charge in [0.2, 0.25) is 0 Å². The summed E-state index contributed by atoms with van der Waals surface area (Å²) < 4.78 is 6.62. The molecule has 2 bridgehead atoms. The third-order valence-electron chi connectivity index (χ3n) is 8.46. The number of rotatable bonds is 6. The molecular formula is C25H40INO2. The van der Waals surface area contributed by atoms with Crippen molar-refractivity contribution in [3.8, 4) is 0 Å². The highest BCUT2D eigenvalue weighted by atomic mass is 127. The zero-order valence-electron chi connectivity index (χ0n) is 18.2. The van der Waals surface area contributed by atoms with Crippen LogP contribution in [0.25, 0.3) is 0 Å². The van der Waals surface area contributed by atoms with E-state index in [1.54, 1.807) is 0 Å². The minimum Gasteiger partial charge on any atom is -0.461 e. The first-order valence-corrected chi connectivity index (χ1v) is 13.6. The molecule has 1 N–H and O–H groups in total. The molecule has 4 heteroatoms. The monoisotopic (exact) mass is 513 g/mol. The Hall–Kier alpha value is -0.100. The summed E-state index contributed by atoms with van der Waals surface area (Å²) >= 11 is 2.69. The van der Waals surface area contributed by atoms with E-state index < -0.39 is 0 Å². The maximum atomic E-state index is 13.2. The number of alkyl halides is 1. The molecule has 0 radical (unpaired) electrons. The fourth-order valence-corrected chi connectivity index (χ4v) is 8.30. The Morgan fingerprint density at radius 1 is 1.07 bits per heavy atom. The van der Waals surface area contributed by atoms with Gasteiger partial charge in [0, 0.05) is 16.0 Å². The number of carbonyl (C=O) groups excluding carboxylic acids is 1. The first-order chi connectivity index (χ1) is 14.2. The van der Waals surface area contributed by atoms with E-state index in [2.05, 4.69) is 47.0 Å². The zero-order valence-corrected chi connectivity index (χ0v) is 20.3. The number of carbonyl (C=O) groups is 1. The highest BCUT2D eigenvalue weighted by Gasteiger charge is 2.49. The van der Waals surface area contributed by atoms with Gasteiger partial charge in [-0.05, 0) is 75.0 Å². The van der Waals surface area contributed by atoms with Crippen LogP contribution in [-0.4, -0.2) is 28.6 Å². The molecule has 0 amide bonds. The SMILES string of the molecule is CCC1CCC([C@H]2C[C@H]3CCC(N3)C2C(=O)OC/C=C/C2CCCCC2)CC1I. The molecule has 2 saturated carbocycles. The topological polar surface area (TPSA) is 38.3 Å². The summed E-state index contributed by atoms with van der Waals surface area (Å²) in [5.74, 6) is 2.96. The number of allylic oxidation sites excluding steroid dienone is 1. The van der Waals surface area contributed by atoms with Gasteiger partial charge in [-0.2, -0.15) is 0 Å². The number of halogens is 1. The van der Waals surface area contributed by atoms with Gasteiger partial charge in [0.05, 0.1) is 5.92 Å². The largest absolute Gasteiger partial charge is 0.461 e. The standard InChI is InChI=1S/C25H40INO2/c1-2-18-10-11-19(15-22(18)26)21-16-20-12-13-23(27-20)24(21)25(28)29-14-6-9-17-7-4-3-5-8-17/h6,9,17-24,27H,2-5,7-8,10-16H2,1H3/b9-6+/t18?,19?,20-,21-,22?,23?,24?/m1/s1. The molecule has 29 heavy (non-hydrogen) atoms. The van der Waals surface area contributed by atoms with E-state index in [1.807, 2.05) is 0 Å². The Kier molecular flexibility index (Phi) is 7.99. The van der Waals surface area contributed by atoms with Gasteiger partial charge in [-0.15, -0.1) is 0 Å². The maximum Gasteiger partial charge on any atom is 0.311 e. The Morgan fingerprint density at radius 3 is 2.66 bits per heavy atom. The van der Waals surface area contributed by atoms with Crippen molar-refractivity contribution in [1.29, 1.82) is 0 Å². The first-order valence-electron chi connectivity index (χ1n) is 12.4. The third kappa shape index (κ3) is 5.39. The minimum absolute atomic E-state index is 0.0728. The van der Waals surface area contributed by atoms with Crippen molar-refractivity contribution in [3.05, 3.63) is 12.2 Å². The summed E-state index contributed by atoms with van der Waals surface area (Å²) in [6.45, 7) is 2.80. The molecule has 4 aliphatic rings. The lowest BCUT2D eigenvalue weighted by Gasteiger charge is -2.44. The lowest BCUT2D eigenvalue weighted by atomic mass is 9.67. The molecule has 0 spiro atoms. The van der Waals surface area contributed by atoms with Crippen molar-refractivity contribution in [1.82, 2.24) is 5.32 Å². The second kappa shape index (κ2) is 10.5. The molecule has 0 aromatic heterocycles. The van der Waals surface area contributed by atoms with E-state index in [-0.39, 0.29) is 11.9 Å². The van der Waals surface area contributed by atoms with Gasteiger partial charge in [0.15, 0.2) is 0 Å². The molecule has 0 aromatic carbocycles.